The van der Waals surface area contributed by atoms with Gasteiger partial charge in [0.05, 0.1) is 7.11 Å². The van der Waals surface area contributed by atoms with Crippen molar-refractivity contribution in [3.63, 3.8) is 0 Å². The molecule has 5 heteroatoms. The SMILES string of the molecule is C=C.C=CCCCC.CCc1ccccc1NC(=O)CNC(=O)OC. The summed E-state index contributed by atoms with van der Waals surface area (Å²) in [5.41, 5.74) is 1.82. The van der Waals surface area contributed by atoms with E-state index in [2.05, 4.69) is 42.0 Å². The Labute approximate surface area is 152 Å². The van der Waals surface area contributed by atoms with Crippen LogP contribution in [0.5, 0.6) is 0 Å². The van der Waals surface area contributed by atoms with Gasteiger partial charge >= 0.3 is 6.09 Å². The van der Waals surface area contributed by atoms with Gasteiger partial charge in [-0.2, -0.15) is 0 Å². The van der Waals surface area contributed by atoms with Gasteiger partial charge < -0.3 is 15.4 Å². The number of anilines is 1. The molecule has 1 rings (SSSR count). The maximum atomic E-state index is 11.5. The molecule has 25 heavy (non-hydrogen) atoms. The number of ether oxygens (including phenoxy) is 1. The Morgan fingerprint density at radius 1 is 1.20 bits per heavy atom. The zero-order valence-corrected chi connectivity index (χ0v) is 15.8. The molecule has 0 spiro atoms. The molecular formula is C20H32N2O3. The molecule has 0 radical (unpaired) electrons. The molecule has 0 saturated heterocycles. The zero-order valence-electron chi connectivity index (χ0n) is 15.8. The normalized spacial score (nSPS) is 8.60. The number of allylic oxidation sites excluding steroid dienone is 1. The van der Waals surface area contributed by atoms with Gasteiger partial charge in [-0.15, -0.1) is 19.7 Å². The number of rotatable bonds is 7. The molecular weight excluding hydrogens is 316 g/mol. The summed E-state index contributed by atoms with van der Waals surface area (Å²) in [5, 5.41) is 5.05. The summed E-state index contributed by atoms with van der Waals surface area (Å²) < 4.78 is 4.37. The van der Waals surface area contributed by atoms with Crippen molar-refractivity contribution in [2.45, 2.75) is 39.5 Å². The fraction of sp³-hybridized carbons (Fsp3) is 0.400. The molecule has 0 fully saturated rings. The molecule has 0 aliphatic heterocycles. The number of aryl methyl sites for hydroxylation is 1. The van der Waals surface area contributed by atoms with Crippen LogP contribution in [0.2, 0.25) is 0 Å². The summed E-state index contributed by atoms with van der Waals surface area (Å²) in [6.45, 7) is 13.7. The van der Waals surface area contributed by atoms with Crippen molar-refractivity contribution in [2.24, 2.45) is 0 Å². The van der Waals surface area contributed by atoms with E-state index in [1.807, 2.05) is 37.3 Å². The van der Waals surface area contributed by atoms with Gasteiger partial charge in [-0.05, 0) is 24.5 Å². The Kier molecular flexibility index (Phi) is 17.6. The van der Waals surface area contributed by atoms with E-state index in [1.54, 1.807) is 0 Å². The highest BCUT2D eigenvalue weighted by atomic mass is 16.5. The number of amides is 2. The van der Waals surface area contributed by atoms with E-state index in [0.717, 1.165) is 17.7 Å². The van der Waals surface area contributed by atoms with Crippen LogP contribution in [0.15, 0.2) is 50.1 Å². The number of hydrogen-bond donors (Lipinski definition) is 2. The Balaban J connectivity index is 0. The Morgan fingerprint density at radius 2 is 1.84 bits per heavy atom. The first kappa shape index (κ1) is 24.7. The highest BCUT2D eigenvalue weighted by Gasteiger charge is 2.07. The Hall–Kier alpha value is -2.56. The van der Waals surface area contributed by atoms with Gasteiger partial charge in [-0.25, -0.2) is 4.79 Å². The molecule has 0 heterocycles. The van der Waals surface area contributed by atoms with Gasteiger partial charge in [0.25, 0.3) is 0 Å². The predicted molar refractivity (Wildman–Crippen MR) is 106 cm³/mol. The molecule has 0 saturated carbocycles. The van der Waals surface area contributed by atoms with Crippen LogP contribution in [0.3, 0.4) is 0 Å². The number of benzene rings is 1. The molecule has 1 aromatic rings. The van der Waals surface area contributed by atoms with E-state index in [1.165, 1.54) is 26.4 Å². The van der Waals surface area contributed by atoms with Gasteiger partial charge in [0.1, 0.15) is 6.54 Å². The topological polar surface area (TPSA) is 67.4 Å². The van der Waals surface area contributed by atoms with E-state index in [9.17, 15) is 9.59 Å². The van der Waals surface area contributed by atoms with Gasteiger partial charge in [0, 0.05) is 5.69 Å². The van der Waals surface area contributed by atoms with Gasteiger partial charge in [0.2, 0.25) is 5.91 Å². The second-order valence-electron chi connectivity index (χ2n) is 4.83. The molecule has 0 aliphatic carbocycles. The molecule has 0 atom stereocenters. The van der Waals surface area contributed by atoms with E-state index < -0.39 is 6.09 Å². The minimum atomic E-state index is -0.621. The van der Waals surface area contributed by atoms with E-state index in [-0.39, 0.29) is 12.5 Å². The minimum Gasteiger partial charge on any atom is -0.453 e. The van der Waals surface area contributed by atoms with Crippen LogP contribution < -0.4 is 10.6 Å². The molecule has 5 nitrogen and oxygen atoms in total. The highest BCUT2D eigenvalue weighted by Crippen LogP contribution is 2.14. The second-order valence-corrected chi connectivity index (χ2v) is 4.83. The average Bonchev–Trinajstić information content (AvgIpc) is 2.66. The summed E-state index contributed by atoms with van der Waals surface area (Å²) in [6, 6.07) is 7.54. The summed E-state index contributed by atoms with van der Waals surface area (Å²) in [7, 11) is 1.25. The number of alkyl carbamates (subject to hydrolysis) is 1. The molecule has 0 unspecified atom stereocenters. The molecule has 2 N–H and O–H groups in total. The van der Waals surface area contributed by atoms with Crippen LogP contribution in [-0.2, 0) is 16.0 Å². The van der Waals surface area contributed by atoms with Crippen LogP contribution in [0.1, 0.15) is 38.7 Å². The maximum absolute atomic E-state index is 11.5. The van der Waals surface area contributed by atoms with Crippen LogP contribution in [0.25, 0.3) is 0 Å². The Morgan fingerprint density at radius 3 is 2.32 bits per heavy atom. The third-order valence-electron chi connectivity index (χ3n) is 3.01. The van der Waals surface area contributed by atoms with E-state index >= 15 is 0 Å². The maximum Gasteiger partial charge on any atom is 0.407 e. The minimum absolute atomic E-state index is 0.106. The van der Waals surface area contributed by atoms with Crippen LogP contribution in [0.4, 0.5) is 10.5 Å². The fourth-order valence-electron chi connectivity index (χ4n) is 1.72. The molecule has 1 aromatic carbocycles. The largest absolute Gasteiger partial charge is 0.453 e. The predicted octanol–water partition coefficient (Wildman–Crippen LogP) is 4.71. The van der Waals surface area contributed by atoms with Crippen molar-refractivity contribution in [3.05, 3.63) is 55.6 Å². The summed E-state index contributed by atoms with van der Waals surface area (Å²) >= 11 is 0. The summed E-state index contributed by atoms with van der Waals surface area (Å²) in [4.78, 5) is 22.3. The molecule has 0 bridgehead atoms. The number of methoxy groups -OCH3 is 1. The number of unbranched alkanes of at least 4 members (excludes halogenated alkanes) is 2. The van der Waals surface area contributed by atoms with Crippen LogP contribution >= 0.6 is 0 Å². The van der Waals surface area contributed by atoms with Gasteiger partial charge in [-0.1, -0.05) is 51.0 Å². The monoisotopic (exact) mass is 348 g/mol. The lowest BCUT2D eigenvalue weighted by molar-refractivity contribution is -0.115. The molecule has 0 aromatic heterocycles. The second kappa shape index (κ2) is 17.8. The quantitative estimate of drug-likeness (QED) is 0.554. The first-order valence-electron chi connectivity index (χ1n) is 8.39. The zero-order chi connectivity index (χ0) is 19.5. The lowest BCUT2D eigenvalue weighted by atomic mass is 10.1. The fourth-order valence-corrected chi connectivity index (χ4v) is 1.72. The lowest BCUT2D eigenvalue weighted by Crippen LogP contribution is -2.32. The van der Waals surface area contributed by atoms with Crippen LogP contribution in [-0.4, -0.2) is 25.7 Å². The third kappa shape index (κ3) is 13.6. The van der Waals surface area contributed by atoms with E-state index in [4.69, 9.17) is 0 Å². The third-order valence-corrected chi connectivity index (χ3v) is 3.01. The van der Waals surface area contributed by atoms with Crippen molar-refractivity contribution in [1.29, 1.82) is 0 Å². The average molecular weight is 348 g/mol. The van der Waals surface area contributed by atoms with Crippen molar-refractivity contribution in [3.8, 4) is 0 Å². The number of hydrogen-bond acceptors (Lipinski definition) is 3. The van der Waals surface area contributed by atoms with Crippen LogP contribution in [0, 0.1) is 0 Å². The summed E-state index contributed by atoms with van der Waals surface area (Å²) in [6.07, 6.45) is 5.93. The Bertz CT molecular complexity index is 501. The number of carbonyl (C=O) groups excluding carboxylic acids is 2. The number of carbonyl (C=O) groups is 2. The first-order valence-corrected chi connectivity index (χ1v) is 8.39. The van der Waals surface area contributed by atoms with Crippen molar-refractivity contribution in [1.82, 2.24) is 5.32 Å². The molecule has 140 valence electrons. The highest BCUT2D eigenvalue weighted by molar-refractivity contribution is 5.94. The van der Waals surface area contributed by atoms with Gasteiger partial charge in [-0.3, -0.25) is 4.79 Å². The van der Waals surface area contributed by atoms with Crippen molar-refractivity contribution in [2.75, 3.05) is 19.0 Å². The summed E-state index contributed by atoms with van der Waals surface area (Å²) in [5.74, 6) is -0.281. The molecule has 2 amide bonds. The number of para-hydroxylation sites is 1. The standard InChI is InChI=1S/C12H16N2O3.C6H12.C2H4/c1-3-9-6-4-5-7-10(9)14-11(15)8-13-12(16)17-2;1-3-5-6-4-2;1-2/h4-7H,3,8H2,1-2H3,(H,13,16)(H,14,15);3H,1,4-6H2,2H3;1-2H2. The van der Waals surface area contributed by atoms with Gasteiger partial charge in [0.15, 0.2) is 0 Å². The number of nitrogens with one attached hydrogen (secondary N) is 2. The lowest BCUT2D eigenvalue weighted by Gasteiger charge is -2.09. The van der Waals surface area contributed by atoms with Crippen molar-refractivity contribution < 1.29 is 14.3 Å². The smallest absolute Gasteiger partial charge is 0.407 e. The first-order chi connectivity index (χ1) is 12.1. The van der Waals surface area contributed by atoms with E-state index in [0.29, 0.717) is 0 Å². The van der Waals surface area contributed by atoms with Crippen molar-refractivity contribution >= 4 is 17.7 Å². The molecule has 0 aliphatic rings.